The molecule has 0 unspecified atom stereocenters. The van der Waals surface area contributed by atoms with E-state index >= 15 is 0 Å². The van der Waals surface area contributed by atoms with E-state index in [9.17, 15) is 0 Å². The normalized spacial score (nSPS) is 7.33. The summed E-state index contributed by atoms with van der Waals surface area (Å²) >= 11 is 8.53. The quantitative estimate of drug-likeness (QED) is 0.590. The lowest BCUT2D eigenvalue weighted by Gasteiger charge is -1.70. The first-order valence-electron chi connectivity index (χ1n) is 2.01. The molecule has 50 valence electrons. The van der Waals surface area contributed by atoms with Gasteiger partial charge in [0.15, 0.2) is 0 Å². The molecule has 0 N–H and O–H groups in total. The molecule has 0 amide bonds. The molecule has 0 aromatic carbocycles. The van der Waals surface area contributed by atoms with E-state index in [1.165, 1.54) is 6.33 Å². The summed E-state index contributed by atoms with van der Waals surface area (Å²) in [4.78, 5) is 7.35. The molecule has 1 aromatic heterocycles. The Hall–Kier alpha value is -0.380. The molecule has 0 fully saturated rings. The van der Waals surface area contributed by atoms with Gasteiger partial charge in [-0.05, 0) is 6.07 Å². The van der Waals surface area contributed by atoms with E-state index in [0.29, 0.717) is 0 Å². The first kappa shape index (κ1) is 8.62. The maximum absolute atomic E-state index is 4.26. The summed E-state index contributed by atoms with van der Waals surface area (Å²) in [5.41, 5.74) is 0. The SMILES string of the molecule is ClOCl.c1cncnc1. The van der Waals surface area contributed by atoms with Crippen molar-refractivity contribution in [2.24, 2.45) is 0 Å². The summed E-state index contributed by atoms with van der Waals surface area (Å²) < 4.78 is 3.19. The molecule has 0 saturated heterocycles. The molecule has 0 spiro atoms. The van der Waals surface area contributed by atoms with E-state index in [2.05, 4.69) is 37.5 Å². The van der Waals surface area contributed by atoms with Crippen LogP contribution in [0.2, 0.25) is 0 Å². The lowest BCUT2D eigenvalue weighted by Crippen LogP contribution is -1.66. The van der Waals surface area contributed by atoms with Crippen LogP contribution in [0.25, 0.3) is 0 Å². The molecule has 0 aliphatic carbocycles. The molecule has 1 rings (SSSR count). The van der Waals surface area contributed by atoms with Crippen LogP contribution in [-0.2, 0) is 3.84 Å². The summed E-state index contributed by atoms with van der Waals surface area (Å²) in [6, 6.07) is 1.78. The van der Waals surface area contributed by atoms with Crippen molar-refractivity contribution in [3.8, 4) is 0 Å². The molecule has 0 saturated carbocycles. The van der Waals surface area contributed by atoms with Gasteiger partial charge < -0.3 is 0 Å². The highest BCUT2D eigenvalue weighted by atomic mass is 35.6. The fourth-order valence-corrected chi connectivity index (χ4v) is 0.253. The van der Waals surface area contributed by atoms with Crippen LogP contribution in [0.1, 0.15) is 0 Å². The summed E-state index contributed by atoms with van der Waals surface area (Å²) in [7, 11) is 0. The third-order valence-corrected chi connectivity index (χ3v) is 0.478. The van der Waals surface area contributed by atoms with Gasteiger partial charge in [-0.1, -0.05) is 0 Å². The van der Waals surface area contributed by atoms with Crippen LogP contribution >= 0.6 is 23.7 Å². The van der Waals surface area contributed by atoms with Gasteiger partial charge in [-0.3, -0.25) is 0 Å². The summed E-state index contributed by atoms with van der Waals surface area (Å²) in [6.07, 6.45) is 4.88. The zero-order valence-corrected chi connectivity index (χ0v) is 5.88. The highest BCUT2D eigenvalue weighted by Crippen LogP contribution is 1.78. The van der Waals surface area contributed by atoms with Gasteiger partial charge in [-0.2, -0.15) is 3.84 Å². The lowest BCUT2D eigenvalue weighted by atomic mass is 10.7. The van der Waals surface area contributed by atoms with Crippen LogP contribution in [0, 0.1) is 0 Å². The number of aromatic nitrogens is 2. The smallest absolute Gasteiger partial charge is 0.115 e. The predicted molar refractivity (Wildman–Crippen MR) is 34.8 cm³/mol. The number of halogens is 2. The van der Waals surface area contributed by atoms with Gasteiger partial charge in [0, 0.05) is 12.4 Å². The second-order valence-electron chi connectivity index (χ2n) is 0.963. The van der Waals surface area contributed by atoms with E-state index < -0.39 is 0 Å². The summed E-state index contributed by atoms with van der Waals surface area (Å²) in [5, 5.41) is 0. The van der Waals surface area contributed by atoms with Crippen LogP contribution in [0.5, 0.6) is 0 Å². The molecule has 1 aromatic rings. The van der Waals surface area contributed by atoms with E-state index in [0.717, 1.165) is 0 Å². The molecule has 9 heavy (non-hydrogen) atoms. The number of rotatable bonds is 0. The first-order valence-corrected chi connectivity index (χ1v) is 2.63. The summed E-state index contributed by atoms with van der Waals surface area (Å²) in [6.45, 7) is 0. The molecule has 0 radical (unpaired) electrons. The third kappa shape index (κ3) is 7.62. The third-order valence-electron chi connectivity index (χ3n) is 0.478. The van der Waals surface area contributed by atoms with Crippen LogP contribution < -0.4 is 0 Å². The predicted octanol–water partition coefficient (Wildman–Crippen LogP) is 1.79. The molecule has 0 aliphatic heterocycles. The second-order valence-corrected chi connectivity index (χ2v) is 1.43. The standard InChI is InChI=1S/C4H4N2.Cl2O/c1-2-5-4-6-3-1;1-3-2/h1-4H;. The van der Waals surface area contributed by atoms with Gasteiger partial charge in [-0.25, -0.2) is 9.97 Å². The minimum atomic E-state index is 1.50. The number of hydrogen-bond donors (Lipinski definition) is 0. The Bertz CT molecular complexity index is 99.4. The molecular weight excluding hydrogens is 163 g/mol. The zero-order valence-electron chi connectivity index (χ0n) is 4.37. The zero-order chi connectivity index (χ0) is 6.95. The highest BCUT2D eigenvalue weighted by Gasteiger charge is 1.59. The minimum Gasteiger partial charge on any atom is -0.245 e. The van der Waals surface area contributed by atoms with Gasteiger partial charge in [0.25, 0.3) is 0 Å². The first-order chi connectivity index (χ1) is 4.41. The average Bonchev–Trinajstić information content (AvgIpc) is 1.93. The van der Waals surface area contributed by atoms with Crippen molar-refractivity contribution in [1.82, 2.24) is 9.97 Å². The monoisotopic (exact) mass is 166 g/mol. The molecule has 1 heterocycles. The van der Waals surface area contributed by atoms with E-state index in [1.54, 1.807) is 18.5 Å². The van der Waals surface area contributed by atoms with Gasteiger partial charge in [-0.15, -0.1) is 0 Å². The van der Waals surface area contributed by atoms with Crippen molar-refractivity contribution in [3.63, 3.8) is 0 Å². The van der Waals surface area contributed by atoms with Gasteiger partial charge >= 0.3 is 0 Å². The van der Waals surface area contributed by atoms with Gasteiger partial charge in [0.05, 0.1) is 23.7 Å². The Morgan fingerprint density at radius 1 is 1.11 bits per heavy atom. The maximum atomic E-state index is 4.26. The lowest BCUT2D eigenvalue weighted by molar-refractivity contribution is 0.697. The Balaban J connectivity index is 0.000000187. The van der Waals surface area contributed by atoms with Crippen molar-refractivity contribution in [2.45, 2.75) is 0 Å². The summed E-state index contributed by atoms with van der Waals surface area (Å²) in [5.74, 6) is 0. The molecule has 5 heteroatoms. The fourth-order valence-electron chi connectivity index (χ4n) is 0.253. The van der Waals surface area contributed by atoms with Gasteiger partial charge in [0.1, 0.15) is 6.33 Å². The van der Waals surface area contributed by atoms with Crippen molar-refractivity contribution in [3.05, 3.63) is 24.8 Å². The van der Waals surface area contributed by atoms with Crippen LogP contribution in [0.15, 0.2) is 24.8 Å². The molecule has 3 nitrogen and oxygen atoms in total. The molecular formula is C4H4Cl2N2O. The van der Waals surface area contributed by atoms with Crippen LogP contribution in [0.3, 0.4) is 0 Å². The Kier molecular flexibility index (Phi) is 7.30. The number of hydrogen-bond acceptors (Lipinski definition) is 3. The van der Waals surface area contributed by atoms with Gasteiger partial charge in [0.2, 0.25) is 0 Å². The average molecular weight is 167 g/mol. The second kappa shape index (κ2) is 7.62. The van der Waals surface area contributed by atoms with E-state index in [1.807, 2.05) is 0 Å². The Morgan fingerprint density at radius 2 is 1.56 bits per heavy atom. The maximum Gasteiger partial charge on any atom is 0.115 e. The fraction of sp³-hybridized carbons (Fsp3) is 0. The largest absolute Gasteiger partial charge is 0.245 e. The van der Waals surface area contributed by atoms with Crippen molar-refractivity contribution >= 4 is 23.7 Å². The number of nitrogens with zero attached hydrogens (tertiary/aromatic N) is 2. The van der Waals surface area contributed by atoms with Crippen molar-refractivity contribution < 1.29 is 3.84 Å². The van der Waals surface area contributed by atoms with Crippen molar-refractivity contribution in [2.75, 3.05) is 0 Å². The topological polar surface area (TPSA) is 35.0 Å². The molecule has 0 atom stereocenters. The molecule has 0 aliphatic rings. The minimum absolute atomic E-state index is 1.50. The van der Waals surface area contributed by atoms with Crippen molar-refractivity contribution in [1.29, 1.82) is 0 Å². The van der Waals surface area contributed by atoms with E-state index in [-0.39, 0.29) is 0 Å². The highest BCUT2D eigenvalue weighted by molar-refractivity contribution is 6.24. The molecule has 0 bridgehead atoms. The van der Waals surface area contributed by atoms with Crippen LogP contribution in [-0.4, -0.2) is 9.97 Å². The van der Waals surface area contributed by atoms with E-state index in [4.69, 9.17) is 0 Å². The Morgan fingerprint density at radius 3 is 1.67 bits per heavy atom. The Labute approximate surface area is 62.9 Å². The van der Waals surface area contributed by atoms with Crippen LogP contribution in [0.4, 0.5) is 0 Å².